The van der Waals surface area contributed by atoms with Crippen molar-refractivity contribution in [2.45, 2.75) is 19.0 Å². The number of anilines is 3. The van der Waals surface area contributed by atoms with E-state index in [2.05, 4.69) is 5.32 Å². The summed E-state index contributed by atoms with van der Waals surface area (Å²) < 4.78 is 39.4. The second-order valence-electron chi connectivity index (χ2n) is 6.11. The highest BCUT2D eigenvalue weighted by atomic mass is 35.5. The topological polar surface area (TPSA) is 58.4 Å². The molecule has 0 radical (unpaired) electrons. The summed E-state index contributed by atoms with van der Waals surface area (Å²) >= 11 is 5.65. The fourth-order valence-corrected chi connectivity index (χ4v) is 3.29. The smallest absolute Gasteiger partial charge is 0.398 e. The van der Waals surface area contributed by atoms with Gasteiger partial charge in [-0.3, -0.25) is 4.79 Å². The van der Waals surface area contributed by atoms with E-state index in [-0.39, 0.29) is 17.3 Å². The number of nitrogen functional groups attached to an aromatic ring is 1. The summed E-state index contributed by atoms with van der Waals surface area (Å²) in [5, 5.41) is 2.30. The van der Waals surface area contributed by atoms with E-state index < -0.39 is 17.6 Å². The van der Waals surface area contributed by atoms with E-state index in [0.717, 1.165) is 36.2 Å². The Morgan fingerprint density at radius 1 is 1.27 bits per heavy atom. The Labute approximate surface area is 153 Å². The predicted molar refractivity (Wildman–Crippen MR) is 96.5 cm³/mol. The van der Waals surface area contributed by atoms with Gasteiger partial charge in [0.15, 0.2) is 0 Å². The van der Waals surface area contributed by atoms with Crippen molar-refractivity contribution in [2.24, 2.45) is 0 Å². The van der Waals surface area contributed by atoms with Crippen LogP contribution in [0.4, 0.5) is 30.2 Å². The molecule has 0 atom stereocenters. The second kappa shape index (κ2) is 7.07. The molecular formula is C18H17ClF3N3O. The number of halogens is 4. The summed E-state index contributed by atoms with van der Waals surface area (Å²) in [5.41, 5.74) is 7.17. The molecule has 0 unspecified atom stereocenters. The number of fused-ring (bicyclic) bond motifs is 1. The number of rotatable bonds is 3. The van der Waals surface area contributed by atoms with Crippen LogP contribution >= 0.6 is 11.6 Å². The number of benzene rings is 2. The lowest BCUT2D eigenvalue weighted by Gasteiger charge is -2.31. The molecule has 0 aliphatic carbocycles. The summed E-state index contributed by atoms with van der Waals surface area (Å²) in [4.78, 5) is 14.2. The van der Waals surface area contributed by atoms with Gasteiger partial charge >= 0.3 is 6.18 Å². The summed E-state index contributed by atoms with van der Waals surface area (Å²) in [5.74, 6) is -0.534. The number of carbonyl (C=O) groups excluding carboxylic acids is 1. The Morgan fingerprint density at radius 3 is 2.77 bits per heavy atom. The lowest BCUT2D eigenvalue weighted by molar-refractivity contribution is -0.137. The summed E-state index contributed by atoms with van der Waals surface area (Å²) in [6.07, 6.45) is -2.97. The molecule has 3 N–H and O–H groups in total. The minimum Gasteiger partial charge on any atom is -0.398 e. The van der Waals surface area contributed by atoms with Crippen LogP contribution in [0.5, 0.6) is 0 Å². The van der Waals surface area contributed by atoms with Crippen LogP contribution in [0.3, 0.4) is 0 Å². The lowest BCUT2D eigenvalue weighted by Crippen LogP contribution is -2.37. The highest BCUT2D eigenvalue weighted by Crippen LogP contribution is 2.36. The Hall–Kier alpha value is -2.41. The monoisotopic (exact) mass is 383 g/mol. The maximum Gasteiger partial charge on any atom is 0.418 e. The standard InChI is InChI=1S/C18H17ClF3N3O/c19-11-6-7-15(13(9-11)18(20,21)22)24-17(26)10-25-8-2-3-12-14(23)4-1-5-16(12)25/h1,4-7,9H,2-3,8,10,23H2,(H,24,26). The molecule has 0 bridgehead atoms. The molecule has 3 rings (SSSR count). The van der Waals surface area contributed by atoms with Crippen molar-refractivity contribution in [1.29, 1.82) is 0 Å². The Bertz CT molecular complexity index is 839. The second-order valence-corrected chi connectivity index (χ2v) is 6.54. The number of hydrogen-bond acceptors (Lipinski definition) is 3. The minimum atomic E-state index is -4.61. The van der Waals surface area contributed by atoms with Crippen LogP contribution in [0.1, 0.15) is 17.5 Å². The summed E-state index contributed by atoms with van der Waals surface area (Å²) in [6, 6.07) is 8.72. The third-order valence-electron chi connectivity index (χ3n) is 4.28. The van der Waals surface area contributed by atoms with Crippen LogP contribution in [0.2, 0.25) is 5.02 Å². The first-order chi connectivity index (χ1) is 12.3. The van der Waals surface area contributed by atoms with Crippen LogP contribution in [0, 0.1) is 0 Å². The van der Waals surface area contributed by atoms with Crippen LogP contribution in [0.25, 0.3) is 0 Å². The highest BCUT2D eigenvalue weighted by Gasteiger charge is 2.34. The molecule has 1 aliphatic rings. The van der Waals surface area contributed by atoms with Crippen molar-refractivity contribution < 1.29 is 18.0 Å². The number of nitrogens with one attached hydrogen (secondary N) is 1. The fraction of sp³-hybridized carbons (Fsp3) is 0.278. The Kier molecular flexibility index (Phi) is 5.00. The van der Waals surface area contributed by atoms with Gasteiger partial charge in [-0.2, -0.15) is 13.2 Å². The Morgan fingerprint density at radius 2 is 2.04 bits per heavy atom. The van der Waals surface area contributed by atoms with Crippen molar-refractivity contribution in [3.05, 3.63) is 52.5 Å². The van der Waals surface area contributed by atoms with E-state index >= 15 is 0 Å². The number of nitrogens with zero attached hydrogens (tertiary/aromatic N) is 1. The van der Waals surface area contributed by atoms with Crippen LogP contribution < -0.4 is 16.0 Å². The quantitative estimate of drug-likeness (QED) is 0.775. The van der Waals surface area contributed by atoms with Crippen molar-refractivity contribution in [3.63, 3.8) is 0 Å². The molecule has 0 aromatic heterocycles. The molecule has 2 aromatic rings. The van der Waals surface area contributed by atoms with Gasteiger partial charge in [0.1, 0.15) is 0 Å². The van der Waals surface area contributed by atoms with E-state index in [1.807, 2.05) is 11.0 Å². The van der Waals surface area contributed by atoms with Gasteiger partial charge in [-0.25, -0.2) is 0 Å². The molecule has 4 nitrogen and oxygen atoms in total. The molecule has 1 amide bonds. The van der Waals surface area contributed by atoms with Gasteiger partial charge < -0.3 is 16.0 Å². The van der Waals surface area contributed by atoms with Crippen molar-refractivity contribution in [1.82, 2.24) is 0 Å². The van der Waals surface area contributed by atoms with E-state index in [1.54, 1.807) is 12.1 Å². The average Bonchev–Trinajstić information content (AvgIpc) is 2.56. The first kappa shape index (κ1) is 18.4. The van der Waals surface area contributed by atoms with Gasteiger partial charge in [-0.1, -0.05) is 17.7 Å². The van der Waals surface area contributed by atoms with Crippen molar-refractivity contribution in [3.8, 4) is 0 Å². The normalized spacial score (nSPS) is 14.1. The number of hydrogen-bond donors (Lipinski definition) is 2. The molecule has 0 spiro atoms. The molecule has 0 saturated carbocycles. The van der Waals surface area contributed by atoms with Crippen LogP contribution in [-0.4, -0.2) is 19.0 Å². The molecule has 26 heavy (non-hydrogen) atoms. The van der Waals surface area contributed by atoms with E-state index in [4.69, 9.17) is 17.3 Å². The third-order valence-corrected chi connectivity index (χ3v) is 4.51. The zero-order chi connectivity index (χ0) is 18.9. The first-order valence-corrected chi connectivity index (χ1v) is 8.42. The molecule has 1 aliphatic heterocycles. The number of alkyl halides is 3. The van der Waals surface area contributed by atoms with Crippen LogP contribution in [0.15, 0.2) is 36.4 Å². The Balaban J connectivity index is 1.79. The van der Waals surface area contributed by atoms with Gasteiger partial charge in [-0.15, -0.1) is 0 Å². The molecule has 0 saturated heterocycles. The van der Waals surface area contributed by atoms with E-state index in [9.17, 15) is 18.0 Å². The largest absolute Gasteiger partial charge is 0.418 e. The maximum atomic E-state index is 13.1. The third kappa shape index (κ3) is 3.88. The van der Waals surface area contributed by atoms with Gasteiger partial charge in [0.05, 0.1) is 17.8 Å². The maximum absolute atomic E-state index is 13.1. The summed E-state index contributed by atoms with van der Waals surface area (Å²) in [6.45, 7) is 0.576. The SMILES string of the molecule is Nc1cccc2c1CCCN2CC(=O)Nc1ccc(Cl)cc1C(F)(F)F. The van der Waals surface area contributed by atoms with Gasteiger partial charge in [0, 0.05) is 22.9 Å². The van der Waals surface area contributed by atoms with E-state index in [0.29, 0.717) is 12.2 Å². The molecular weight excluding hydrogens is 367 g/mol. The van der Waals surface area contributed by atoms with Crippen molar-refractivity contribution in [2.75, 3.05) is 29.0 Å². The lowest BCUT2D eigenvalue weighted by atomic mass is 10.00. The molecule has 8 heteroatoms. The number of carbonyl (C=O) groups is 1. The van der Waals surface area contributed by atoms with Crippen molar-refractivity contribution >= 4 is 34.6 Å². The average molecular weight is 384 g/mol. The van der Waals surface area contributed by atoms with Crippen LogP contribution in [-0.2, 0) is 17.4 Å². The zero-order valence-electron chi connectivity index (χ0n) is 13.7. The van der Waals surface area contributed by atoms with Gasteiger partial charge in [0.2, 0.25) is 5.91 Å². The highest BCUT2D eigenvalue weighted by molar-refractivity contribution is 6.30. The molecule has 0 fully saturated rings. The molecule has 138 valence electrons. The fourth-order valence-electron chi connectivity index (χ4n) is 3.12. The van der Waals surface area contributed by atoms with E-state index in [1.165, 1.54) is 6.07 Å². The zero-order valence-corrected chi connectivity index (χ0v) is 14.5. The molecule has 1 heterocycles. The first-order valence-electron chi connectivity index (χ1n) is 8.04. The number of amides is 1. The van der Waals surface area contributed by atoms with Gasteiger partial charge in [-0.05, 0) is 48.7 Å². The minimum absolute atomic E-state index is 0.0456. The number of nitrogens with two attached hydrogens (primary N) is 1. The predicted octanol–water partition coefficient (Wildman–Crippen LogP) is 4.33. The molecule has 2 aromatic carbocycles. The summed E-state index contributed by atoms with van der Waals surface area (Å²) in [7, 11) is 0. The van der Waals surface area contributed by atoms with Gasteiger partial charge in [0.25, 0.3) is 0 Å².